The Balaban J connectivity index is 1.88. The van der Waals surface area contributed by atoms with Crippen molar-refractivity contribution in [3.63, 3.8) is 0 Å². The van der Waals surface area contributed by atoms with Crippen molar-refractivity contribution >= 4 is 19.7 Å². The molecule has 0 bridgehead atoms. The maximum atomic E-state index is 10.7. The number of benzene rings is 2. The second-order valence-electron chi connectivity index (χ2n) is 4.05. The lowest BCUT2D eigenvalue weighted by Crippen LogP contribution is -2.05. The van der Waals surface area contributed by atoms with Gasteiger partial charge in [0.15, 0.2) is 0 Å². The van der Waals surface area contributed by atoms with Crippen molar-refractivity contribution < 1.29 is 17.9 Å². The van der Waals surface area contributed by atoms with E-state index in [1.165, 1.54) is 0 Å². The van der Waals surface area contributed by atoms with Crippen LogP contribution in [0.4, 0.5) is 0 Å². The molecule has 6 heteroatoms. The molecule has 0 aliphatic rings. The zero-order valence-corrected chi connectivity index (χ0v) is 12.1. The maximum absolute atomic E-state index is 10.7. The molecule has 0 aromatic heterocycles. The molecule has 0 unspecified atom stereocenters. The van der Waals surface area contributed by atoms with Gasteiger partial charge in [0.05, 0.1) is 0 Å². The SMILES string of the molecule is O=S(=O)(Cl)COc1ccc(OCc2ccccc2)cc1. The minimum absolute atomic E-state index is 0.418. The molecule has 4 nitrogen and oxygen atoms in total. The third-order valence-electron chi connectivity index (χ3n) is 2.44. The zero-order chi connectivity index (χ0) is 14.4. The second kappa shape index (κ2) is 6.63. The lowest BCUT2D eigenvalue weighted by atomic mass is 10.2. The van der Waals surface area contributed by atoms with E-state index in [0.29, 0.717) is 18.1 Å². The molecule has 0 N–H and O–H groups in total. The molecule has 20 heavy (non-hydrogen) atoms. The first kappa shape index (κ1) is 14.7. The molecule has 0 amide bonds. The normalized spacial score (nSPS) is 11.1. The number of rotatable bonds is 6. The van der Waals surface area contributed by atoms with Crippen LogP contribution in [0.15, 0.2) is 54.6 Å². The molecular weight excluding hydrogens is 300 g/mol. The summed E-state index contributed by atoms with van der Waals surface area (Å²) >= 11 is 0. The Kier molecular flexibility index (Phi) is 4.87. The molecule has 0 aliphatic heterocycles. The molecule has 2 rings (SSSR count). The number of ether oxygens (including phenoxy) is 2. The van der Waals surface area contributed by atoms with E-state index in [2.05, 4.69) is 0 Å². The van der Waals surface area contributed by atoms with Crippen molar-refractivity contribution in [3.8, 4) is 11.5 Å². The van der Waals surface area contributed by atoms with Crippen molar-refractivity contribution in [3.05, 3.63) is 60.2 Å². The Morgan fingerprint density at radius 1 is 0.850 bits per heavy atom. The van der Waals surface area contributed by atoms with E-state index in [-0.39, 0.29) is 0 Å². The van der Waals surface area contributed by atoms with Gasteiger partial charge >= 0.3 is 0 Å². The Bertz CT molecular complexity index is 639. The van der Waals surface area contributed by atoms with Crippen molar-refractivity contribution in [1.82, 2.24) is 0 Å². The predicted octanol–water partition coefficient (Wildman–Crippen LogP) is 3.17. The third-order valence-corrected chi connectivity index (χ3v) is 3.11. The first-order chi connectivity index (χ1) is 9.53. The second-order valence-corrected chi connectivity index (χ2v) is 6.77. The predicted molar refractivity (Wildman–Crippen MR) is 77.5 cm³/mol. The molecule has 2 aromatic rings. The lowest BCUT2D eigenvalue weighted by Gasteiger charge is -2.08. The minimum Gasteiger partial charge on any atom is -0.489 e. The molecule has 0 saturated carbocycles. The molecule has 0 atom stereocenters. The van der Waals surface area contributed by atoms with Crippen molar-refractivity contribution in [2.75, 3.05) is 5.94 Å². The fourth-order valence-electron chi connectivity index (χ4n) is 1.51. The van der Waals surface area contributed by atoms with Gasteiger partial charge in [-0.1, -0.05) is 30.3 Å². The van der Waals surface area contributed by atoms with E-state index in [1.807, 2.05) is 30.3 Å². The molecule has 106 valence electrons. The fourth-order valence-corrected chi connectivity index (χ4v) is 1.92. The van der Waals surface area contributed by atoms with E-state index < -0.39 is 15.0 Å². The quantitative estimate of drug-likeness (QED) is 0.769. The van der Waals surface area contributed by atoms with Gasteiger partial charge in [0, 0.05) is 10.7 Å². The molecule has 0 heterocycles. The first-order valence-corrected chi connectivity index (χ1v) is 8.33. The summed E-state index contributed by atoms with van der Waals surface area (Å²) in [5.41, 5.74) is 1.07. The van der Waals surface area contributed by atoms with Crippen LogP contribution in [0, 0.1) is 0 Å². The maximum Gasteiger partial charge on any atom is 0.267 e. The molecule has 0 radical (unpaired) electrons. The van der Waals surface area contributed by atoms with E-state index in [9.17, 15) is 8.42 Å². The smallest absolute Gasteiger partial charge is 0.267 e. The minimum atomic E-state index is -3.66. The van der Waals surface area contributed by atoms with Crippen molar-refractivity contribution in [1.29, 1.82) is 0 Å². The monoisotopic (exact) mass is 312 g/mol. The van der Waals surface area contributed by atoms with Crippen molar-refractivity contribution in [2.45, 2.75) is 6.61 Å². The highest BCUT2D eigenvalue weighted by molar-refractivity contribution is 8.13. The van der Waals surface area contributed by atoms with Gasteiger partial charge in [-0.2, -0.15) is 0 Å². The van der Waals surface area contributed by atoms with Crippen LogP contribution in [-0.4, -0.2) is 14.4 Å². The van der Waals surface area contributed by atoms with Crippen LogP contribution >= 0.6 is 10.7 Å². The number of halogens is 1. The largest absolute Gasteiger partial charge is 0.489 e. The molecule has 0 spiro atoms. The Labute approximate surface area is 122 Å². The molecule has 0 saturated heterocycles. The highest BCUT2D eigenvalue weighted by Gasteiger charge is 2.06. The zero-order valence-electron chi connectivity index (χ0n) is 10.5. The Hall–Kier alpha value is -1.72. The van der Waals surface area contributed by atoms with E-state index in [4.69, 9.17) is 20.2 Å². The summed E-state index contributed by atoms with van der Waals surface area (Å²) in [6, 6.07) is 16.5. The molecule has 0 fully saturated rings. The number of hydrogen-bond donors (Lipinski definition) is 0. The fraction of sp³-hybridized carbons (Fsp3) is 0.143. The van der Waals surface area contributed by atoms with Crippen LogP contribution < -0.4 is 9.47 Å². The molecule has 0 aliphatic carbocycles. The van der Waals surface area contributed by atoms with Crippen LogP contribution in [-0.2, 0) is 15.7 Å². The van der Waals surface area contributed by atoms with Gasteiger partial charge in [-0.05, 0) is 29.8 Å². The summed E-state index contributed by atoms with van der Waals surface area (Å²) in [5.74, 6) is 0.537. The van der Waals surface area contributed by atoms with Crippen LogP contribution in [0.1, 0.15) is 5.56 Å². The van der Waals surface area contributed by atoms with Gasteiger partial charge in [0.1, 0.15) is 18.1 Å². The van der Waals surface area contributed by atoms with Crippen LogP contribution in [0.5, 0.6) is 11.5 Å². The standard InChI is InChI=1S/C14H13ClO4S/c15-20(16,17)11-19-14-8-6-13(7-9-14)18-10-12-4-2-1-3-5-12/h1-9H,10-11H2. The van der Waals surface area contributed by atoms with Crippen molar-refractivity contribution in [2.24, 2.45) is 0 Å². The molecule has 2 aromatic carbocycles. The van der Waals surface area contributed by atoms with Crippen LogP contribution in [0.25, 0.3) is 0 Å². The highest BCUT2D eigenvalue weighted by atomic mass is 35.7. The van der Waals surface area contributed by atoms with Gasteiger partial charge < -0.3 is 9.47 Å². The topological polar surface area (TPSA) is 52.6 Å². The van der Waals surface area contributed by atoms with E-state index >= 15 is 0 Å². The van der Waals surface area contributed by atoms with E-state index in [0.717, 1.165) is 5.56 Å². The summed E-state index contributed by atoms with van der Waals surface area (Å²) in [7, 11) is 1.39. The lowest BCUT2D eigenvalue weighted by molar-refractivity contribution is 0.305. The summed E-state index contributed by atoms with van der Waals surface area (Å²) < 4.78 is 32.1. The Morgan fingerprint density at radius 2 is 1.40 bits per heavy atom. The van der Waals surface area contributed by atoms with E-state index in [1.54, 1.807) is 24.3 Å². The number of hydrogen-bond acceptors (Lipinski definition) is 4. The Morgan fingerprint density at radius 3 is 1.95 bits per heavy atom. The van der Waals surface area contributed by atoms with Crippen LogP contribution in [0.3, 0.4) is 0 Å². The van der Waals surface area contributed by atoms with Gasteiger partial charge in [-0.25, -0.2) is 8.42 Å². The molecular formula is C14H13ClO4S. The summed E-state index contributed by atoms with van der Waals surface area (Å²) in [6.45, 7) is 0.469. The van der Waals surface area contributed by atoms with Gasteiger partial charge in [-0.3, -0.25) is 0 Å². The highest BCUT2D eigenvalue weighted by Crippen LogP contribution is 2.19. The average Bonchev–Trinajstić information content (AvgIpc) is 2.44. The van der Waals surface area contributed by atoms with Gasteiger partial charge in [0.2, 0.25) is 5.94 Å². The third kappa shape index (κ3) is 5.11. The summed E-state index contributed by atoms with van der Waals surface area (Å²) in [5, 5.41) is 0. The summed E-state index contributed by atoms with van der Waals surface area (Å²) in [4.78, 5) is 0. The first-order valence-electron chi connectivity index (χ1n) is 5.85. The van der Waals surface area contributed by atoms with Gasteiger partial charge in [-0.15, -0.1) is 0 Å². The summed E-state index contributed by atoms with van der Waals surface area (Å²) in [6.07, 6.45) is 0. The average molecular weight is 313 g/mol. The van der Waals surface area contributed by atoms with Crippen LogP contribution in [0.2, 0.25) is 0 Å². The van der Waals surface area contributed by atoms with Gasteiger partial charge in [0.25, 0.3) is 9.05 Å².